The molecule has 1 atom stereocenters. The van der Waals surface area contributed by atoms with E-state index in [9.17, 15) is 0 Å². The van der Waals surface area contributed by atoms with Gasteiger partial charge in [0.1, 0.15) is 5.01 Å². The van der Waals surface area contributed by atoms with Gasteiger partial charge in [0.05, 0.1) is 16.8 Å². The predicted octanol–water partition coefficient (Wildman–Crippen LogP) is 3.19. The van der Waals surface area contributed by atoms with Crippen LogP contribution in [0.15, 0.2) is 42.6 Å². The molecule has 3 aromatic rings. The van der Waals surface area contributed by atoms with Crippen LogP contribution < -0.4 is 4.90 Å². The highest BCUT2D eigenvalue weighted by molar-refractivity contribution is 7.18. The molecule has 0 spiro atoms. The molecule has 0 unspecified atom stereocenters. The molecule has 0 bridgehead atoms. The van der Waals surface area contributed by atoms with E-state index in [1.54, 1.807) is 17.5 Å². The molecular formula is C18H21N5S. The van der Waals surface area contributed by atoms with E-state index in [0.717, 1.165) is 31.0 Å². The van der Waals surface area contributed by atoms with Gasteiger partial charge >= 0.3 is 0 Å². The number of aromatic nitrogens is 3. The van der Waals surface area contributed by atoms with E-state index < -0.39 is 0 Å². The number of anilines is 1. The number of benzene rings is 1. The lowest BCUT2D eigenvalue weighted by atomic mass is 10.0. The summed E-state index contributed by atoms with van der Waals surface area (Å²) >= 11 is 1.80. The summed E-state index contributed by atoms with van der Waals surface area (Å²) in [5, 5.41) is 9.45. The van der Waals surface area contributed by atoms with Crippen LogP contribution in [-0.4, -0.2) is 46.3 Å². The Hall–Kier alpha value is -2.05. The molecule has 5 nitrogen and oxygen atoms in total. The Bertz CT molecular complexity index is 770. The fourth-order valence-corrected chi connectivity index (χ4v) is 4.35. The van der Waals surface area contributed by atoms with Gasteiger partial charge in [-0.2, -0.15) is 5.10 Å². The second kappa shape index (κ2) is 6.83. The van der Waals surface area contributed by atoms with Crippen LogP contribution in [0, 0.1) is 0 Å². The van der Waals surface area contributed by atoms with Gasteiger partial charge in [0.15, 0.2) is 5.82 Å². The zero-order valence-corrected chi connectivity index (χ0v) is 14.6. The summed E-state index contributed by atoms with van der Waals surface area (Å²) in [5.74, 6) is 0.982. The van der Waals surface area contributed by atoms with Crippen molar-refractivity contribution in [1.29, 1.82) is 0 Å². The van der Waals surface area contributed by atoms with Gasteiger partial charge in [-0.3, -0.25) is 4.90 Å². The Morgan fingerprint density at radius 1 is 1.25 bits per heavy atom. The number of thiazole rings is 1. The highest BCUT2D eigenvalue weighted by atomic mass is 32.1. The van der Waals surface area contributed by atoms with Crippen molar-refractivity contribution in [2.45, 2.75) is 25.4 Å². The molecule has 4 rings (SSSR count). The maximum Gasteiger partial charge on any atom is 0.151 e. The minimum absolute atomic E-state index is 0.521. The molecule has 6 heteroatoms. The lowest BCUT2D eigenvalue weighted by molar-refractivity contribution is 0.207. The second-order valence-electron chi connectivity index (χ2n) is 6.31. The van der Waals surface area contributed by atoms with Crippen molar-refractivity contribution in [3.8, 4) is 0 Å². The first-order chi connectivity index (χ1) is 11.8. The Morgan fingerprint density at radius 3 is 3.00 bits per heavy atom. The van der Waals surface area contributed by atoms with Crippen LogP contribution in [0.2, 0.25) is 0 Å². The number of likely N-dealkylation sites (N-methyl/N-ethyl adjacent to an activating group) is 1. The molecule has 0 saturated carbocycles. The first-order valence-electron chi connectivity index (χ1n) is 8.37. The number of hydrogen-bond acceptors (Lipinski definition) is 6. The molecule has 1 saturated heterocycles. The predicted molar refractivity (Wildman–Crippen MR) is 98.4 cm³/mol. The summed E-state index contributed by atoms with van der Waals surface area (Å²) in [6.45, 7) is 2.96. The van der Waals surface area contributed by atoms with Crippen LogP contribution in [0.1, 0.15) is 17.8 Å². The number of nitrogens with zero attached hydrogens (tertiary/aromatic N) is 5. The number of para-hydroxylation sites is 1. The molecule has 1 fully saturated rings. The Labute approximate surface area is 146 Å². The van der Waals surface area contributed by atoms with Gasteiger partial charge in [-0.1, -0.05) is 12.1 Å². The fraction of sp³-hybridized carbons (Fsp3) is 0.389. The van der Waals surface area contributed by atoms with E-state index in [2.05, 4.69) is 51.3 Å². The van der Waals surface area contributed by atoms with E-state index in [4.69, 9.17) is 4.98 Å². The minimum Gasteiger partial charge on any atom is -0.354 e. The fourth-order valence-electron chi connectivity index (χ4n) is 3.31. The van der Waals surface area contributed by atoms with Crippen molar-refractivity contribution in [1.82, 2.24) is 20.1 Å². The molecule has 1 aliphatic rings. The van der Waals surface area contributed by atoms with Crippen LogP contribution >= 0.6 is 11.3 Å². The molecule has 3 heterocycles. The summed E-state index contributed by atoms with van der Waals surface area (Å²) in [5.41, 5.74) is 1.11. The average Bonchev–Trinajstić information content (AvgIpc) is 3.05. The lowest BCUT2D eigenvalue weighted by Crippen LogP contribution is -2.46. The van der Waals surface area contributed by atoms with E-state index in [1.165, 1.54) is 22.5 Å². The molecule has 0 aliphatic carbocycles. The summed E-state index contributed by atoms with van der Waals surface area (Å²) in [6, 6.07) is 12.9. The monoisotopic (exact) mass is 339 g/mol. The van der Waals surface area contributed by atoms with Gasteiger partial charge in [-0.05, 0) is 44.2 Å². The number of piperidine rings is 1. The van der Waals surface area contributed by atoms with E-state index in [-0.39, 0.29) is 0 Å². The zero-order chi connectivity index (χ0) is 16.4. The minimum atomic E-state index is 0.521. The Balaban J connectivity index is 1.44. The van der Waals surface area contributed by atoms with Crippen molar-refractivity contribution in [3.05, 3.63) is 47.6 Å². The van der Waals surface area contributed by atoms with E-state index in [1.807, 2.05) is 12.1 Å². The number of fused-ring (bicyclic) bond motifs is 1. The third-order valence-corrected chi connectivity index (χ3v) is 5.65. The van der Waals surface area contributed by atoms with Crippen LogP contribution in [0.5, 0.6) is 0 Å². The van der Waals surface area contributed by atoms with Crippen LogP contribution in [0.3, 0.4) is 0 Å². The number of rotatable bonds is 4. The normalized spacial score (nSPS) is 18.4. The van der Waals surface area contributed by atoms with Crippen molar-refractivity contribution in [2.24, 2.45) is 0 Å². The highest BCUT2D eigenvalue weighted by Gasteiger charge is 2.24. The quantitative estimate of drug-likeness (QED) is 0.730. The Morgan fingerprint density at radius 2 is 2.17 bits per heavy atom. The van der Waals surface area contributed by atoms with Gasteiger partial charge in [0, 0.05) is 25.3 Å². The maximum atomic E-state index is 4.77. The topological polar surface area (TPSA) is 45.2 Å². The second-order valence-corrected chi connectivity index (χ2v) is 7.43. The van der Waals surface area contributed by atoms with Gasteiger partial charge in [0.2, 0.25) is 0 Å². The highest BCUT2D eigenvalue weighted by Crippen LogP contribution is 2.25. The van der Waals surface area contributed by atoms with Crippen molar-refractivity contribution < 1.29 is 0 Å². The molecule has 1 aliphatic heterocycles. The molecule has 1 aromatic carbocycles. The summed E-state index contributed by atoms with van der Waals surface area (Å²) in [7, 11) is 2.21. The molecule has 24 heavy (non-hydrogen) atoms. The van der Waals surface area contributed by atoms with Crippen LogP contribution in [0.4, 0.5) is 5.82 Å². The maximum absolute atomic E-state index is 4.77. The smallest absolute Gasteiger partial charge is 0.151 e. The molecule has 0 N–H and O–H groups in total. The van der Waals surface area contributed by atoms with Gasteiger partial charge < -0.3 is 4.90 Å². The standard InChI is InChI=1S/C18H21N5S/c1-22(13-18-20-15-7-2-3-8-16(15)24-18)14-6-5-11-23(12-14)17-9-4-10-19-21-17/h2-4,7-10,14H,5-6,11-13H2,1H3/t14-/m0/s1. The van der Waals surface area contributed by atoms with Crippen molar-refractivity contribution in [2.75, 3.05) is 25.0 Å². The molecule has 0 radical (unpaired) electrons. The van der Waals surface area contributed by atoms with Gasteiger partial charge in [-0.25, -0.2) is 4.98 Å². The largest absolute Gasteiger partial charge is 0.354 e. The average molecular weight is 339 g/mol. The van der Waals surface area contributed by atoms with Crippen molar-refractivity contribution in [3.63, 3.8) is 0 Å². The summed E-state index contributed by atoms with van der Waals surface area (Å²) in [4.78, 5) is 9.54. The van der Waals surface area contributed by atoms with Crippen LogP contribution in [0.25, 0.3) is 10.2 Å². The number of hydrogen-bond donors (Lipinski definition) is 0. The van der Waals surface area contributed by atoms with Gasteiger partial charge in [0.25, 0.3) is 0 Å². The molecule has 2 aromatic heterocycles. The van der Waals surface area contributed by atoms with Crippen molar-refractivity contribution >= 4 is 27.4 Å². The first-order valence-corrected chi connectivity index (χ1v) is 9.18. The van der Waals surface area contributed by atoms with Crippen LogP contribution in [-0.2, 0) is 6.54 Å². The van der Waals surface area contributed by atoms with E-state index >= 15 is 0 Å². The zero-order valence-electron chi connectivity index (χ0n) is 13.8. The molecule has 0 amide bonds. The summed E-state index contributed by atoms with van der Waals surface area (Å²) in [6.07, 6.45) is 4.13. The van der Waals surface area contributed by atoms with Gasteiger partial charge in [-0.15, -0.1) is 16.4 Å². The first kappa shape index (κ1) is 15.5. The third-order valence-electron chi connectivity index (χ3n) is 4.62. The molecular weight excluding hydrogens is 318 g/mol. The van der Waals surface area contributed by atoms with E-state index in [0.29, 0.717) is 6.04 Å². The SMILES string of the molecule is CN(Cc1nc2ccccc2s1)[C@H]1CCCN(c2cccnn2)C1. The Kier molecular flexibility index (Phi) is 4.40. The lowest BCUT2D eigenvalue weighted by Gasteiger charge is -2.37. The summed E-state index contributed by atoms with van der Waals surface area (Å²) < 4.78 is 1.27. The third kappa shape index (κ3) is 3.25. The molecule has 124 valence electrons.